The first-order chi connectivity index (χ1) is 11.4. The summed E-state index contributed by atoms with van der Waals surface area (Å²) in [7, 11) is -1.03. The smallest absolute Gasteiger partial charge is 0.303 e. The van der Waals surface area contributed by atoms with E-state index < -0.39 is 16.1 Å². The zero-order valence-corrected chi connectivity index (χ0v) is 14.8. The third-order valence-corrected chi connectivity index (χ3v) is 6.06. The minimum absolute atomic E-state index is 0.351. The van der Waals surface area contributed by atoms with E-state index >= 15 is 0 Å². The van der Waals surface area contributed by atoms with Crippen molar-refractivity contribution in [1.29, 1.82) is 0 Å². The molecule has 3 rings (SSSR count). The lowest BCUT2D eigenvalue weighted by Crippen LogP contribution is -2.39. The molecule has 0 atom stereocenters. The average Bonchev–Trinajstić information content (AvgIpc) is 2.98. The number of nitrogens with zero attached hydrogens (tertiary/aromatic N) is 2. The van der Waals surface area contributed by atoms with Crippen molar-refractivity contribution >= 4 is 27.0 Å². The predicted octanol–water partition coefficient (Wildman–Crippen LogP) is 2.68. The summed E-state index contributed by atoms with van der Waals surface area (Å²) in [6.07, 6.45) is 8.10. The summed E-state index contributed by atoms with van der Waals surface area (Å²) in [5.41, 5.74) is 1.33. The summed E-state index contributed by atoms with van der Waals surface area (Å²) >= 11 is 0. The van der Waals surface area contributed by atoms with E-state index in [4.69, 9.17) is 0 Å². The molecule has 0 bridgehead atoms. The van der Waals surface area contributed by atoms with Gasteiger partial charge in [0.25, 0.3) is 5.91 Å². The Morgan fingerprint density at radius 1 is 1.17 bits per heavy atom. The molecular weight excluding hydrogens is 326 g/mol. The molecule has 1 aliphatic carbocycles. The van der Waals surface area contributed by atoms with Gasteiger partial charge in [0, 0.05) is 37.4 Å². The Morgan fingerprint density at radius 2 is 1.88 bits per heavy atom. The molecule has 2 aromatic rings. The van der Waals surface area contributed by atoms with Gasteiger partial charge < -0.3 is 4.57 Å². The van der Waals surface area contributed by atoms with Crippen LogP contribution in [0.4, 0.5) is 0 Å². The Hall–Kier alpha value is -1.86. The van der Waals surface area contributed by atoms with Gasteiger partial charge in [-0.3, -0.25) is 4.79 Å². The topological polar surface area (TPSA) is 71.4 Å². The van der Waals surface area contributed by atoms with Gasteiger partial charge in [0.2, 0.25) is 0 Å². The van der Waals surface area contributed by atoms with Gasteiger partial charge in [0.1, 0.15) is 0 Å². The van der Waals surface area contributed by atoms with Gasteiger partial charge in [-0.25, -0.2) is 4.72 Å². The molecule has 7 heteroatoms. The summed E-state index contributed by atoms with van der Waals surface area (Å²) in [5, 5.41) is 1.06. The Balaban J connectivity index is 1.91. The SMILES string of the molecule is CN(C)S(=O)(=O)NC(=O)c1ccc2ccn(C3CCCCC3)c2c1. The minimum Gasteiger partial charge on any atom is -0.344 e. The lowest BCUT2D eigenvalue weighted by Gasteiger charge is -2.24. The first kappa shape index (κ1) is 17.0. The summed E-state index contributed by atoms with van der Waals surface area (Å²) in [5.74, 6) is -0.609. The molecule has 1 fully saturated rings. The van der Waals surface area contributed by atoms with Crippen molar-refractivity contribution in [3.05, 3.63) is 36.0 Å². The van der Waals surface area contributed by atoms with Crippen LogP contribution in [-0.2, 0) is 10.2 Å². The van der Waals surface area contributed by atoms with Crippen molar-refractivity contribution in [3.8, 4) is 0 Å². The van der Waals surface area contributed by atoms with Crippen molar-refractivity contribution in [2.75, 3.05) is 14.1 Å². The van der Waals surface area contributed by atoms with Crippen LogP contribution in [0.1, 0.15) is 48.5 Å². The van der Waals surface area contributed by atoms with Gasteiger partial charge in [0.05, 0.1) is 0 Å². The van der Waals surface area contributed by atoms with Crippen molar-refractivity contribution in [2.45, 2.75) is 38.1 Å². The Bertz CT molecular complexity index is 849. The number of amides is 1. The Morgan fingerprint density at radius 3 is 2.54 bits per heavy atom. The summed E-state index contributed by atoms with van der Waals surface area (Å²) in [6, 6.07) is 7.81. The highest BCUT2D eigenvalue weighted by Crippen LogP contribution is 2.31. The number of benzene rings is 1. The van der Waals surface area contributed by atoms with Gasteiger partial charge in [0.15, 0.2) is 0 Å². The average molecular weight is 349 g/mol. The fourth-order valence-corrected chi connectivity index (χ4v) is 3.77. The van der Waals surface area contributed by atoms with Crippen molar-refractivity contribution in [3.63, 3.8) is 0 Å². The molecule has 0 aliphatic heterocycles. The number of hydrogen-bond donors (Lipinski definition) is 1. The molecule has 1 aromatic carbocycles. The van der Waals surface area contributed by atoms with Gasteiger partial charge in [-0.1, -0.05) is 25.3 Å². The fourth-order valence-electron chi connectivity index (χ4n) is 3.24. The van der Waals surface area contributed by atoms with E-state index in [1.165, 1.54) is 33.4 Å². The second kappa shape index (κ2) is 6.57. The van der Waals surface area contributed by atoms with E-state index in [1.807, 2.05) is 12.1 Å². The summed E-state index contributed by atoms with van der Waals surface area (Å²) in [6.45, 7) is 0. The highest BCUT2D eigenvalue weighted by atomic mass is 32.2. The molecule has 1 aliphatic rings. The fraction of sp³-hybridized carbons (Fsp3) is 0.471. The summed E-state index contributed by atoms with van der Waals surface area (Å²) < 4.78 is 28.9. The van der Waals surface area contributed by atoms with Gasteiger partial charge in [-0.05, 0) is 36.4 Å². The van der Waals surface area contributed by atoms with Crippen LogP contribution in [0.3, 0.4) is 0 Å². The standard InChI is InChI=1S/C17H23N3O3S/c1-19(2)24(22,23)18-17(21)14-9-8-13-10-11-20(16(13)12-14)15-6-4-3-5-7-15/h8-12,15H,3-7H2,1-2H3,(H,18,21). The third kappa shape index (κ3) is 3.32. The minimum atomic E-state index is -3.79. The van der Waals surface area contributed by atoms with Gasteiger partial charge in [-0.2, -0.15) is 12.7 Å². The van der Waals surface area contributed by atoms with Crippen molar-refractivity contribution in [2.24, 2.45) is 0 Å². The zero-order valence-electron chi connectivity index (χ0n) is 14.0. The lowest BCUT2D eigenvalue weighted by molar-refractivity contribution is 0.0980. The van der Waals surface area contributed by atoms with E-state index in [2.05, 4.69) is 15.5 Å². The van der Waals surface area contributed by atoms with Crippen molar-refractivity contribution in [1.82, 2.24) is 13.6 Å². The quantitative estimate of drug-likeness (QED) is 0.922. The van der Waals surface area contributed by atoms with E-state index in [0.29, 0.717) is 11.6 Å². The molecule has 6 nitrogen and oxygen atoms in total. The molecular formula is C17H23N3O3S. The zero-order chi connectivity index (χ0) is 17.3. The van der Waals surface area contributed by atoms with E-state index in [1.54, 1.807) is 12.1 Å². The first-order valence-electron chi connectivity index (χ1n) is 8.24. The van der Waals surface area contributed by atoms with Crippen LogP contribution < -0.4 is 4.72 Å². The van der Waals surface area contributed by atoms with Gasteiger partial charge in [-0.15, -0.1) is 0 Å². The lowest BCUT2D eigenvalue weighted by atomic mass is 9.95. The normalized spacial score (nSPS) is 16.6. The van der Waals surface area contributed by atoms with E-state index in [9.17, 15) is 13.2 Å². The number of hydrogen-bond acceptors (Lipinski definition) is 3. The molecule has 24 heavy (non-hydrogen) atoms. The van der Waals surface area contributed by atoms with Crippen LogP contribution in [0.2, 0.25) is 0 Å². The molecule has 1 amide bonds. The molecule has 1 heterocycles. The second-order valence-corrected chi connectivity index (χ2v) is 8.39. The summed E-state index contributed by atoms with van der Waals surface area (Å²) in [4.78, 5) is 12.3. The largest absolute Gasteiger partial charge is 0.344 e. The highest BCUT2D eigenvalue weighted by molar-refractivity contribution is 7.87. The number of carbonyl (C=O) groups excluding carboxylic acids is 1. The van der Waals surface area contributed by atoms with Gasteiger partial charge >= 0.3 is 10.2 Å². The first-order valence-corrected chi connectivity index (χ1v) is 9.68. The molecule has 130 valence electrons. The Labute approximate surface area is 142 Å². The maximum absolute atomic E-state index is 12.3. The predicted molar refractivity (Wildman–Crippen MR) is 94.1 cm³/mol. The molecule has 1 N–H and O–H groups in total. The van der Waals surface area contributed by atoms with Crippen LogP contribution >= 0.6 is 0 Å². The maximum atomic E-state index is 12.3. The molecule has 1 saturated carbocycles. The number of nitrogens with one attached hydrogen (secondary N) is 1. The second-order valence-electron chi connectivity index (χ2n) is 6.51. The van der Waals surface area contributed by atoms with Crippen LogP contribution in [0, 0.1) is 0 Å². The van der Waals surface area contributed by atoms with E-state index in [0.717, 1.165) is 28.0 Å². The third-order valence-electron chi connectivity index (χ3n) is 4.66. The number of carbonyl (C=O) groups is 1. The molecule has 0 spiro atoms. The van der Waals surface area contributed by atoms with Crippen LogP contribution in [0.15, 0.2) is 30.5 Å². The Kier molecular flexibility index (Phi) is 4.64. The number of fused-ring (bicyclic) bond motifs is 1. The maximum Gasteiger partial charge on any atom is 0.303 e. The molecule has 0 unspecified atom stereocenters. The van der Waals surface area contributed by atoms with E-state index in [-0.39, 0.29) is 0 Å². The van der Waals surface area contributed by atoms with Crippen LogP contribution in [-0.4, -0.2) is 37.3 Å². The van der Waals surface area contributed by atoms with Crippen LogP contribution in [0.25, 0.3) is 10.9 Å². The highest BCUT2D eigenvalue weighted by Gasteiger charge is 2.20. The van der Waals surface area contributed by atoms with Crippen LogP contribution in [0.5, 0.6) is 0 Å². The molecule has 0 saturated heterocycles. The monoisotopic (exact) mass is 349 g/mol. The molecule has 0 radical (unpaired) electrons. The molecule has 1 aromatic heterocycles. The number of aromatic nitrogens is 1. The van der Waals surface area contributed by atoms with Crippen molar-refractivity contribution < 1.29 is 13.2 Å². The number of rotatable bonds is 4.